The Morgan fingerprint density at radius 2 is 1.67 bits per heavy atom. The van der Waals surface area contributed by atoms with Crippen molar-refractivity contribution in [1.82, 2.24) is 5.43 Å². The van der Waals surface area contributed by atoms with Crippen LogP contribution in [-0.4, -0.2) is 17.1 Å². The molecule has 2 unspecified atom stereocenters. The normalized spacial score (nSPS) is 39.1. The van der Waals surface area contributed by atoms with Gasteiger partial charge in [0.15, 0.2) is 0 Å². The number of aliphatic hydroxyl groups excluding tert-OH is 1. The Labute approximate surface area is 96.0 Å². The molecule has 5 heteroatoms. The highest BCUT2D eigenvalue weighted by molar-refractivity contribution is 5.85. The smallest absolute Gasteiger partial charge is 0.237 e. The summed E-state index contributed by atoms with van der Waals surface area (Å²) in [6, 6.07) is 0. The number of hydrazine groups is 1. The van der Waals surface area contributed by atoms with Crippen molar-refractivity contribution in [2.24, 2.45) is 23.6 Å². The van der Waals surface area contributed by atoms with E-state index in [1.807, 2.05) is 0 Å². The van der Waals surface area contributed by atoms with Gasteiger partial charge in [-0.15, -0.1) is 12.4 Å². The predicted octanol–water partition coefficient (Wildman–Crippen LogP) is 0.585. The van der Waals surface area contributed by atoms with Gasteiger partial charge in [-0.2, -0.15) is 0 Å². The van der Waals surface area contributed by atoms with E-state index >= 15 is 0 Å². The molecule has 0 radical (unpaired) electrons. The van der Waals surface area contributed by atoms with Crippen LogP contribution in [0.5, 0.6) is 0 Å². The summed E-state index contributed by atoms with van der Waals surface area (Å²) in [6.07, 6.45) is 4.58. The molecular weight excluding hydrogens is 216 g/mol. The van der Waals surface area contributed by atoms with Crippen molar-refractivity contribution in [1.29, 1.82) is 0 Å². The zero-order valence-corrected chi connectivity index (χ0v) is 9.50. The van der Waals surface area contributed by atoms with E-state index < -0.39 is 0 Å². The van der Waals surface area contributed by atoms with Gasteiger partial charge in [0.05, 0.1) is 6.10 Å². The number of fused-ring (bicyclic) bond motifs is 2. The largest absolute Gasteiger partial charge is 0.393 e. The Hall–Kier alpha value is -0.320. The molecule has 0 aliphatic heterocycles. The van der Waals surface area contributed by atoms with Crippen LogP contribution in [0.25, 0.3) is 0 Å². The van der Waals surface area contributed by atoms with Gasteiger partial charge in [0.1, 0.15) is 0 Å². The first-order valence-corrected chi connectivity index (χ1v) is 5.37. The molecule has 2 aliphatic rings. The van der Waals surface area contributed by atoms with Crippen LogP contribution in [0.3, 0.4) is 0 Å². The maximum absolute atomic E-state index is 11.4. The SMILES string of the molecule is Cl.NNC(=O)C1CC2CC(O)CC(C2)C1. The molecule has 2 rings (SSSR count). The number of nitrogens with one attached hydrogen (secondary N) is 1. The fourth-order valence-corrected chi connectivity index (χ4v) is 3.15. The minimum absolute atomic E-state index is 0. The van der Waals surface area contributed by atoms with Crippen LogP contribution in [0.1, 0.15) is 32.1 Å². The molecule has 1 amide bonds. The Morgan fingerprint density at radius 1 is 1.13 bits per heavy atom. The number of rotatable bonds is 1. The topological polar surface area (TPSA) is 75.3 Å². The summed E-state index contributed by atoms with van der Waals surface area (Å²) in [4.78, 5) is 11.4. The number of amides is 1. The Kier molecular flexibility index (Phi) is 4.37. The van der Waals surface area contributed by atoms with Gasteiger partial charge in [-0.1, -0.05) is 0 Å². The molecule has 0 spiro atoms. The van der Waals surface area contributed by atoms with E-state index in [1.165, 1.54) is 6.42 Å². The van der Waals surface area contributed by atoms with Crippen molar-refractivity contribution in [2.45, 2.75) is 38.2 Å². The van der Waals surface area contributed by atoms with Gasteiger partial charge >= 0.3 is 0 Å². The number of carbonyl (C=O) groups is 1. The molecule has 0 saturated heterocycles. The van der Waals surface area contributed by atoms with Gasteiger partial charge in [-0.3, -0.25) is 10.2 Å². The highest BCUT2D eigenvalue weighted by Gasteiger charge is 2.37. The van der Waals surface area contributed by atoms with E-state index in [0.29, 0.717) is 11.8 Å². The predicted molar refractivity (Wildman–Crippen MR) is 59.1 cm³/mol. The minimum atomic E-state index is -0.138. The number of aliphatic hydroxyl groups is 1. The minimum Gasteiger partial charge on any atom is -0.393 e. The monoisotopic (exact) mass is 234 g/mol. The summed E-state index contributed by atoms with van der Waals surface area (Å²) in [5.41, 5.74) is 2.23. The highest BCUT2D eigenvalue weighted by atomic mass is 35.5. The third-order valence-electron chi connectivity index (χ3n) is 3.63. The Morgan fingerprint density at radius 3 is 2.13 bits per heavy atom. The molecular formula is C10H19ClN2O2. The van der Waals surface area contributed by atoms with Crippen molar-refractivity contribution in [3.8, 4) is 0 Å². The summed E-state index contributed by atoms with van der Waals surface area (Å²) in [5, 5.41) is 9.57. The van der Waals surface area contributed by atoms with E-state index in [0.717, 1.165) is 25.7 Å². The number of hydrogen-bond acceptors (Lipinski definition) is 3. The van der Waals surface area contributed by atoms with Gasteiger partial charge < -0.3 is 5.11 Å². The van der Waals surface area contributed by atoms with Crippen LogP contribution in [0.15, 0.2) is 0 Å². The summed E-state index contributed by atoms with van der Waals surface area (Å²) >= 11 is 0. The molecule has 0 aromatic heterocycles. The van der Waals surface area contributed by atoms with Gasteiger partial charge in [-0.25, -0.2) is 5.84 Å². The average molecular weight is 235 g/mol. The summed E-state index contributed by atoms with van der Waals surface area (Å²) < 4.78 is 0. The number of halogens is 1. The molecule has 4 nitrogen and oxygen atoms in total. The van der Waals surface area contributed by atoms with Crippen molar-refractivity contribution in [3.05, 3.63) is 0 Å². The van der Waals surface area contributed by atoms with Gasteiger partial charge in [-0.05, 0) is 43.9 Å². The second kappa shape index (κ2) is 5.14. The van der Waals surface area contributed by atoms with Crippen LogP contribution in [-0.2, 0) is 4.79 Å². The third-order valence-corrected chi connectivity index (χ3v) is 3.63. The van der Waals surface area contributed by atoms with Crippen molar-refractivity contribution in [2.75, 3.05) is 0 Å². The fourth-order valence-electron chi connectivity index (χ4n) is 3.15. The first-order valence-electron chi connectivity index (χ1n) is 5.37. The molecule has 2 saturated carbocycles. The van der Waals surface area contributed by atoms with Crippen LogP contribution < -0.4 is 11.3 Å². The van der Waals surface area contributed by atoms with E-state index in [9.17, 15) is 9.90 Å². The van der Waals surface area contributed by atoms with Crippen molar-refractivity contribution >= 4 is 18.3 Å². The molecule has 0 aromatic carbocycles. The maximum Gasteiger partial charge on any atom is 0.237 e. The van der Waals surface area contributed by atoms with Crippen LogP contribution >= 0.6 is 12.4 Å². The second-order valence-corrected chi connectivity index (χ2v) is 4.77. The van der Waals surface area contributed by atoms with Crippen LogP contribution in [0, 0.1) is 17.8 Å². The first-order chi connectivity index (χ1) is 6.69. The van der Waals surface area contributed by atoms with Crippen molar-refractivity contribution in [3.63, 3.8) is 0 Å². The Bertz CT molecular complexity index is 219. The molecule has 2 aliphatic carbocycles. The number of hydrogen-bond donors (Lipinski definition) is 3. The average Bonchev–Trinajstić information content (AvgIpc) is 2.14. The second-order valence-electron chi connectivity index (χ2n) is 4.77. The van der Waals surface area contributed by atoms with Crippen LogP contribution in [0.4, 0.5) is 0 Å². The molecule has 88 valence electrons. The quantitative estimate of drug-likeness (QED) is 0.353. The molecule has 2 fully saturated rings. The molecule has 0 aromatic rings. The van der Waals surface area contributed by atoms with Gasteiger partial charge in [0, 0.05) is 5.92 Å². The molecule has 15 heavy (non-hydrogen) atoms. The van der Waals surface area contributed by atoms with Crippen molar-refractivity contribution < 1.29 is 9.90 Å². The lowest BCUT2D eigenvalue weighted by atomic mass is 9.67. The molecule has 0 heterocycles. The first kappa shape index (κ1) is 12.7. The zero-order chi connectivity index (χ0) is 10.1. The van der Waals surface area contributed by atoms with E-state index in [1.54, 1.807) is 0 Å². The van der Waals surface area contributed by atoms with Crippen LogP contribution in [0.2, 0.25) is 0 Å². The molecule has 4 N–H and O–H groups in total. The van der Waals surface area contributed by atoms with Gasteiger partial charge in [0.25, 0.3) is 0 Å². The third kappa shape index (κ3) is 2.83. The van der Waals surface area contributed by atoms with E-state index in [4.69, 9.17) is 5.84 Å². The number of carbonyl (C=O) groups excluding carboxylic acids is 1. The highest BCUT2D eigenvalue weighted by Crippen LogP contribution is 2.42. The van der Waals surface area contributed by atoms with Gasteiger partial charge in [0.2, 0.25) is 5.91 Å². The van der Waals surface area contributed by atoms with E-state index in [-0.39, 0.29) is 30.3 Å². The molecule has 2 bridgehead atoms. The lowest BCUT2D eigenvalue weighted by molar-refractivity contribution is -0.128. The Balaban J connectivity index is 0.00000112. The summed E-state index contributed by atoms with van der Waals surface area (Å²) in [7, 11) is 0. The lowest BCUT2D eigenvalue weighted by Crippen LogP contribution is -2.42. The summed E-state index contributed by atoms with van der Waals surface area (Å²) in [6.45, 7) is 0. The number of nitrogens with two attached hydrogens (primary N) is 1. The standard InChI is InChI=1S/C10H18N2O2.ClH/c11-12-10(14)8-2-6-1-7(3-8)5-9(13)4-6;/h6-9,13H,1-5,11H2,(H,12,14);1H. The summed E-state index contributed by atoms with van der Waals surface area (Å²) in [5.74, 6) is 6.24. The zero-order valence-electron chi connectivity index (χ0n) is 8.69. The lowest BCUT2D eigenvalue weighted by Gasteiger charge is -2.40. The maximum atomic E-state index is 11.4. The van der Waals surface area contributed by atoms with E-state index in [2.05, 4.69) is 5.43 Å². The molecule has 2 atom stereocenters. The fraction of sp³-hybridized carbons (Fsp3) is 0.900.